The molecule has 1 aromatic heterocycles. The first kappa shape index (κ1) is 14.3. The van der Waals surface area contributed by atoms with Crippen LogP contribution in [0.15, 0.2) is 16.7 Å². The molecule has 0 unspecified atom stereocenters. The molecule has 1 rings (SSSR count). The third-order valence-corrected chi connectivity index (χ3v) is 2.74. The van der Waals surface area contributed by atoms with Gasteiger partial charge in [-0.2, -0.15) is 0 Å². The summed E-state index contributed by atoms with van der Waals surface area (Å²) in [4.78, 5) is 15.5. The Kier molecular flexibility index (Phi) is 5.71. The standard InChI is InChI=1S/C11H15BrClN3O/c1-7(2)4-14-10(17)6-16-11-9(12)3-8(13)5-15-11/h3,5,7H,4,6H2,1-2H3,(H,14,17)(H,15,16). The van der Waals surface area contributed by atoms with E-state index in [9.17, 15) is 4.79 Å². The number of pyridine rings is 1. The Morgan fingerprint density at radius 1 is 1.59 bits per heavy atom. The lowest BCUT2D eigenvalue weighted by molar-refractivity contribution is -0.119. The number of hydrogen-bond donors (Lipinski definition) is 2. The molecule has 0 aliphatic rings. The first-order chi connectivity index (χ1) is 7.99. The first-order valence-electron chi connectivity index (χ1n) is 5.30. The summed E-state index contributed by atoms with van der Waals surface area (Å²) in [7, 11) is 0. The molecule has 2 N–H and O–H groups in total. The second kappa shape index (κ2) is 6.81. The van der Waals surface area contributed by atoms with Gasteiger partial charge in [-0.05, 0) is 27.9 Å². The van der Waals surface area contributed by atoms with E-state index in [0.29, 0.717) is 23.3 Å². The SMILES string of the molecule is CC(C)CNC(=O)CNc1ncc(Cl)cc1Br. The molecule has 1 amide bonds. The molecule has 1 heterocycles. The normalized spacial score (nSPS) is 10.4. The molecule has 0 fully saturated rings. The zero-order valence-corrected chi connectivity index (χ0v) is 12.1. The maximum Gasteiger partial charge on any atom is 0.239 e. The third-order valence-electron chi connectivity index (χ3n) is 1.93. The number of rotatable bonds is 5. The molecule has 0 saturated heterocycles. The van der Waals surface area contributed by atoms with Crippen molar-refractivity contribution in [1.82, 2.24) is 10.3 Å². The van der Waals surface area contributed by atoms with Gasteiger partial charge in [0.25, 0.3) is 0 Å². The Balaban J connectivity index is 2.42. The fourth-order valence-corrected chi connectivity index (χ4v) is 1.87. The van der Waals surface area contributed by atoms with Crippen LogP contribution in [0.2, 0.25) is 5.02 Å². The van der Waals surface area contributed by atoms with Crippen LogP contribution in [0.1, 0.15) is 13.8 Å². The van der Waals surface area contributed by atoms with Gasteiger partial charge in [0.15, 0.2) is 0 Å². The van der Waals surface area contributed by atoms with Gasteiger partial charge >= 0.3 is 0 Å². The molecule has 4 nitrogen and oxygen atoms in total. The van der Waals surface area contributed by atoms with Crippen molar-refractivity contribution in [2.45, 2.75) is 13.8 Å². The van der Waals surface area contributed by atoms with Gasteiger partial charge in [-0.1, -0.05) is 25.4 Å². The van der Waals surface area contributed by atoms with Crippen molar-refractivity contribution in [1.29, 1.82) is 0 Å². The summed E-state index contributed by atoms with van der Waals surface area (Å²) in [5.41, 5.74) is 0. The molecule has 1 aromatic rings. The summed E-state index contributed by atoms with van der Waals surface area (Å²) in [5, 5.41) is 6.30. The summed E-state index contributed by atoms with van der Waals surface area (Å²) < 4.78 is 0.738. The van der Waals surface area contributed by atoms with E-state index in [-0.39, 0.29) is 12.5 Å². The molecular formula is C11H15BrClN3O. The van der Waals surface area contributed by atoms with Gasteiger partial charge in [0.1, 0.15) is 5.82 Å². The summed E-state index contributed by atoms with van der Waals surface area (Å²) in [6.07, 6.45) is 1.53. The van der Waals surface area contributed by atoms with Gasteiger partial charge in [0.05, 0.1) is 16.0 Å². The number of carbonyl (C=O) groups excluding carboxylic acids is 1. The molecule has 0 bridgehead atoms. The van der Waals surface area contributed by atoms with Crippen molar-refractivity contribution in [2.24, 2.45) is 5.92 Å². The van der Waals surface area contributed by atoms with Crippen molar-refractivity contribution in [2.75, 3.05) is 18.4 Å². The largest absolute Gasteiger partial charge is 0.360 e. The van der Waals surface area contributed by atoms with Crippen LogP contribution >= 0.6 is 27.5 Å². The van der Waals surface area contributed by atoms with Gasteiger partial charge in [0, 0.05) is 12.7 Å². The van der Waals surface area contributed by atoms with Gasteiger partial charge in [-0.3, -0.25) is 4.79 Å². The molecule has 0 radical (unpaired) electrons. The number of halogens is 2. The van der Waals surface area contributed by atoms with Crippen LogP contribution in [0, 0.1) is 5.92 Å². The highest BCUT2D eigenvalue weighted by atomic mass is 79.9. The van der Waals surface area contributed by atoms with Crippen LogP contribution in [0.3, 0.4) is 0 Å². The number of nitrogens with one attached hydrogen (secondary N) is 2. The van der Waals surface area contributed by atoms with E-state index in [1.54, 1.807) is 6.07 Å². The van der Waals surface area contributed by atoms with Gasteiger partial charge in [-0.15, -0.1) is 0 Å². The highest BCUT2D eigenvalue weighted by molar-refractivity contribution is 9.10. The number of amides is 1. The summed E-state index contributed by atoms with van der Waals surface area (Å²) in [6, 6.07) is 1.73. The predicted octanol–water partition coefficient (Wildman–Crippen LogP) is 2.68. The van der Waals surface area contributed by atoms with E-state index in [4.69, 9.17) is 11.6 Å². The zero-order valence-electron chi connectivity index (χ0n) is 9.76. The fraction of sp³-hybridized carbons (Fsp3) is 0.455. The maximum atomic E-state index is 11.5. The Hall–Kier alpha value is -0.810. The molecule has 0 aliphatic carbocycles. The first-order valence-corrected chi connectivity index (χ1v) is 6.47. The average molecular weight is 321 g/mol. The summed E-state index contributed by atoms with van der Waals surface area (Å²) in [6.45, 7) is 4.96. The van der Waals surface area contributed by atoms with Crippen LogP contribution in [-0.4, -0.2) is 24.0 Å². The van der Waals surface area contributed by atoms with Crippen LogP contribution in [-0.2, 0) is 4.79 Å². The number of aromatic nitrogens is 1. The Bertz CT molecular complexity index is 398. The number of carbonyl (C=O) groups is 1. The topological polar surface area (TPSA) is 54.0 Å². The second-order valence-corrected chi connectivity index (χ2v) is 5.33. The smallest absolute Gasteiger partial charge is 0.239 e. The molecule has 0 aliphatic heterocycles. The predicted molar refractivity (Wildman–Crippen MR) is 73.3 cm³/mol. The lowest BCUT2D eigenvalue weighted by Crippen LogP contribution is -2.32. The van der Waals surface area contributed by atoms with E-state index in [2.05, 4.69) is 31.5 Å². The van der Waals surface area contributed by atoms with Crippen molar-refractivity contribution in [3.05, 3.63) is 21.8 Å². The third kappa shape index (κ3) is 5.37. The molecule has 0 atom stereocenters. The Morgan fingerprint density at radius 3 is 2.88 bits per heavy atom. The number of nitrogens with zero attached hydrogens (tertiary/aromatic N) is 1. The minimum Gasteiger partial charge on any atom is -0.360 e. The van der Waals surface area contributed by atoms with Crippen LogP contribution in [0.4, 0.5) is 5.82 Å². The second-order valence-electron chi connectivity index (χ2n) is 4.04. The van der Waals surface area contributed by atoms with Crippen molar-refractivity contribution in [3.8, 4) is 0 Å². The monoisotopic (exact) mass is 319 g/mol. The van der Waals surface area contributed by atoms with E-state index in [0.717, 1.165) is 4.47 Å². The number of anilines is 1. The van der Waals surface area contributed by atoms with Gasteiger partial charge in [-0.25, -0.2) is 4.98 Å². The van der Waals surface area contributed by atoms with Crippen molar-refractivity contribution >= 4 is 39.3 Å². The minimum atomic E-state index is -0.0534. The highest BCUT2D eigenvalue weighted by Crippen LogP contribution is 2.22. The highest BCUT2D eigenvalue weighted by Gasteiger charge is 2.05. The summed E-state index contributed by atoms with van der Waals surface area (Å²) >= 11 is 9.08. The van der Waals surface area contributed by atoms with E-state index in [1.807, 2.05) is 13.8 Å². The molecule has 0 aromatic carbocycles. The lowest BCUT2D eigenvalue weighted by atomic mass is 10.2. The van der Waals surface area contributed by atoms with E-state index >= 15 is 0 Å². The average Bonchev–Trinajstić information content (AvgIpc) is 2.25. The molecule has 6 heteroatoms. The van der Waals surface area contributed by atoms with Crippen molar-refractivity contribution < 1.29 is 4.79 Å². The maximum absolute atomic E-state index is 11.5. The Labute approximate surface area is 114 Å². The van der Waals surface area contributed by atoms with Gasteiger partial charge in [0.2, 0.25) is 5.91 Å². The van der Waals surface area contributed by atoms with Crippen LogP contribution in [0.25, 0.3) is 0 Å². The molecule has 0 spiro atoms. The van der Waals surface area contributed by atoms with Crippen LogP contribution in [0.5, 0.6) is 0 Å². The molecular weight excluding hydrogens is 305 g/mol. The minimum absolute atomic E-state index is 0.0534. The molecule has 0 saturated carbocycles. The molecule has 17 heavy (non-hydrogen) atoms. The van der Waals surface area contributed by atoms with Gasteiger partial charge < -0.3 is 10.6 Å². The molecule has 94 valence electrons. The fourth-order valence-electron chi connectivity index (χ4n) is 1.09. The lowest BCUT2D eigenvalue weighted by Gasteiger charge is -2.09. The van der Waals surface area contributed by atoms with Crippen LogP contribution < -0.4 is 10.6 Å². The number of hydrogen-bond acceptors (Lipinski definition) is 3. The van der Waals surface area contributed by atoms with E-state index < -0.39 is 0 Å². The quantitative estimate of drug-likeness (QED) is 0.877. The van der Waals surface area contributed by atoms with E-state index in [1.165, 1.54) is 6.20 Å². The summed E-state index contributed by atoms with van der Waals surface area (Å²) in [5.74, 6) is 0.996. The Morgan fingerprint density at radius 2 is 2.29 bits per heavy atom. The van der Waals surface area contributed by atoms with Crippen molar-refractivity contribution in [3.63, 3.8) is 0 Å². The zero-order chi connectivity index (χ0) is 12.8.